The molecule has 0 aromatic carbocycles. The standard InChI is InChI=1S/C16H19ClN6O/c1-10-11(7-18)16(19-8-12(10)17)23-6-4-3-5-13(23)15-20-14(9-24-2)21-22-15/h8,13H,3-6,9H2,1-2H3,(H,20,21,22). The molecule has 3 heterocycles. The molecule has 2 aromatic rings. The monoisotopic (exact) mass is 346 g/mol. The summed E-state index contributed by atoms with van der Waals surface area (Å²) >= 11 is 6.12. The fraction of sp³-hybridized carbons (Fsp3) is 0.500. The number of halogens is 1. The van der Waals surface area contributed by atoms with Gasteiger partial charge in [0.05, 0.1) is 16.6 Å². The van der Waals surface area contributed by atoms with Crippen LogP contribution < -0.4 is 4.90 Å². The summed E-state index contributed by atoms with van der Waals surface area (Å²) in [5, 5.41) is 17.3. The molecule has 126 valence electrons. The van der Waals surface area contributed by atoms with Gasteiger partial charge in [-0.25, -0.2) is 9.97 Å². The molecule has 1 aliphatic rings. The molecule has 0 radical (unpaired) electrons. The number of aromatic amines is 1. The SMILES string of the molecule is COCc1nc(C2CCCCN2c2ncc(Cl)c(C)c2C#N)n[nH]1. The molecular weight excluding hydrogens is 328 g/mol. The highest BCUT2D eigenvalue weighted by Gasteiger charge is 2.30. The van der Waals surface area contributed by atoms with Crippen molar-refractivity contribution >= 4 is 17.4 Å². The van der Waals surface area contributed by atoms with Crippen molar-refractivity contribution in [2.75, 3.05) is 18.6 Å². The number of hydrogen-bond donors (Lipinski definition) is 1. The summed E-state index contributed by atoms with van der Waals surface area (Å²) in [6.45, 7) is 3.04. The average Bonchev–Trinajstić information content (AvgIpc) is 3.06. The summed E-state index contributed by atoms with van der Waals surface area (Å²) in [6.07, 6.45) is 4.65. The predicted octanol–water partition coefficient (Wildman–Crippen LogP) is 2.91. The molecule has 8 heteroatoms. The number of hydrogen-bond acceptors (Lipinski definition) is 6. The predicted molar refractivity (Wildman–Crippen MR) is 89.7 cm³/mol. The quantitative estimate of drug-likeness (QED) is 0.915. The molecule has 0 bridgehead atoms. The van der Waals surface area contributed by atoms with Crippen LogP contribution in [0.15, 0.2) is 6.20 Å². The minimum atomic E-state index is -0.0132. The van der Waals surface area contributed by atoms with Crippen LogP contribution >= 0.6 is 11.6 Å². The number of anilines is 1. The van der Waals surface area contributed by atoms with Crippen LogP contribution in [0.3, 0.4) is 0 Å². The molecule has 0 spiro atoms. The number of nitriles is 1. The van der Waals surface area contributed by atoms with Crippen molar-refractivity contribution in [3.05, 3.63) is 34.0 Å². The Morgan fingerprint density at radius 2 is 2.33 bits per heavy atom. The maximum Gasteiger partial charge on any atom is 0.173 e. The van der Waals surface area contributed by atoms with Gasteiger partial charge in [0.1, 0.15) is 18.5 Å². The Hall–Kier alpha value is -2.17. The van der Waals surface area contributed by atoms with E-state index in [2.05, 4.69) is 31.1 Å². The zero-order valence-corrected chi connectivity index (χ0v) is 14.5. The van der Waals surface area contributed by atoms with Gasteiger partial charge in [-0.05, 0) is 31.7 Å². The zero-order chi connectivity index (χ0) is 17.1. The molecule has 2 aromatic heterocycles. The van der Waals surface area contributed by atoms with Crippen LogP contribution in [0, 0.1) is 18.3 Å². The second kappa shape index (κ2) is 7.16. The van der Waals surface area contributed by atoms with Crippen LogP contribution in [0.1, 0.15) is 48.1 Å². The number of ether oxygens (including phenoxy) is 1. The van der Waals surface area contributed by atoms with Gasteiger partial charge >= 0.3 is 0 Å². The minimum absolute atomic E-state index is 0.0132. The van der Waals surface area contributed by atoms with Crippen LogP contribution in [0.2, 0.25) is 5.02 Å². The highest BCUT2D eigenvalue weighted by Crippen LogP contribution is 2.36. The van der Waals surface area contributed by atoms with Gasteiger partial charge in [-0.3, -0.25) is 5.10 Å². The maximum absolute atomic E-state index is 9.56. The summed E-state index contributed by atoms with van der Waals surface area (Å²) in [5.74, 6) is 2.06. The van der Waals surface area contributed by atoms with Gasteiger partial charge < -0.3 is 9.64 Å². The lowest BCUT2D eigenvalue weighted by molar-refractivity contribution is 0.178. The highest BCUT2D eigenvalue weighted by atomic mass is 35.5. The third-order valence-electron chi connectivity index (χ3n) is 4.27. The third-order valence-corrected chi connectivity index (χ3v) is 4.65. The number of pyridine rings is 1. The molecule has 1 saturated heterocycles. The fourth-order valence-electron chi connectivity index (χ4n) is 3.03. The molecule has 24 heavy (non-hydrogen) atoms. The maximum atomic E-state index is 9.56. The summed E-state index contributed by atoms with van der Waals surface area (Å²) in [7, 11) is 1.62. The van der Waals surface area contributed by atoms with E-state index >= 15 is 0 Å². The average molecular weight is 347 g/mol. The van der Waals surface area contributed by atoms with Gasteiger partial charge in [-0.15, -0.1) is 0 Å². The van der Waals surface area contributed by atoms with E-state index in [1.54, 1.807) is 13.3 Å². The van der Waals surface area contributed by atoms with Gasteiger partial charge in [-0.1, -0.05) is 11.6 Å². The summed E-state index contributed by atoms with van der Waals surface area (Å²) in [4.78, 5) is 11.1. The second-order valence-electron chi connectivity index (χ2n) is 5.82. The second-order valence-corrected chi connectivity index (χ2v) is 6.23. The van der Waals surface area contributed by atoms with Crippen molar-refractivity contribution < 1.29 is 4.74 Å². The highest BCUT2D eigenvalue weighted by molar-refractivity contribution is 6.31. The van der Waals surface area contributed by atoms with Crippen LogP contribution in [-0.2, 0) is 11.3 Å². The fourth-order valence-corrected chi connectivity index (χ4v) is 3.18. The Bertz CT molecular complexity index is 768. The molecular formula is C16H19ClN6O. The Balaban J connectivity index is 1.98. The molecule has 1 N–H and O–H groups in total. The lowest BCUT2D eigenvalue weighted by Crippen LogP contribution is -2.35. The molecule has 0 amide bonds. The van der Waals surface area contributed by atoms with Crippen LogP contribution in [0.25, 0.3) is 0 Å². The van der Waals surface area contributed by atoms with Crippen LogP contribution in [-0.4, -0.2) is 33.8 Å². The summed E-state index contributed by atoms with van der Waals surface area (Å²) < 4.78 is 5.09. The Morgan fingerprint density at radius 1 is 1.50 bits per heavy atom. The Morgan fingerprint density at radius 3 is 3.08 bits per heavy atom. The van der Waals surface area contributed by atoms with E-state index in [-0.39, 0.29) is 6.04 Å². The zero-order valence-electron chi connectivity index (χ0n) is 13.7. The molecule has 1 unspecified atom stereocenters. The van der Waals surface area contributed by atoms with E-state index in [4.69, 9.17) is 16.3 Å². The van der Waals surface area contributed by atoms with Crippen molar-refractivity contribution in [3.8, 4) is 6.07 Å². The lowest BCUT2D eigenvalue weighted by atomic mass is 10.00. The van der Waals surface area contributed by atoms with Gasteiger partial charge in [0.15, 0.2) is 11.6 Å². The van der Waals surface area contributed by atoms with Crippen molar-refractivity contribution in [1.82, 2.24) is 20.2 Å². The molecule has 1 aliphatic heterocycles. The van der Waals surface area contributed by atoms with Crippen molar-refractivity contribution in [1.29, 1.82) is 5.26 Å². The van der Waals surface area contributed by atoms with E-state index in [0.29, 0.717) is 34.7 Å². The number of methoxy groups -OCH3 is 1. The Labute approximate surface area is 145 Å². The van der Waals surface area contributed by atoms with Crippen molar-refractivity contribution in [2.45, 2.75) is 38.8 Å². The first-order valence-electron chi connectivity index (χ1n) is 7.87. The summed E-state index contributed by atoms with van der Waals surface area (Å²) in [5.41, 5.74) is 1.27. The van der Waals surface area contributed by atoms with Gasteiger partial charge in [0, 0.05) is 19.9 Å². The number of piperidine rings is 1. The topological polar surface area (TPSA) is 90.7 Å². The first kappa shape index (κ1) is 16.7. The van der Waals surface area contributed by atoms with E-state index < -0.39 is 0 Å². The molecule has 0 saturated carbocycles. The number of nitrogens with zero attached hydrogens (tertiary/aromatic N) is 5. The molecule has 0 aliphatic carbocycles. The van der Waals surface area contributed by atoms with Crippen molar-refractivity contribution in [3.63, 3.8) is 0 Å². The molecule has 1 fully saturated rings. The molecule has 3 rings (SSSR count). The van der Waals surface area contributed by atoms with E-state index in [1.807, 2.05) is 6.92 Å². The van der Waals surface area contributed by atoms with E-state index in [9.17, 15) is 5.26 Å². The number of aromatic nitrogens is 4. The van der Waals surface area contributed by atoms with Gasteiger partial charge in [0.2, 0.25) is 0 Å². The van der Waals surface area contributed by atoms with Crippen LogP contribution in [0.4, 0.5) is 5.82 Å². The number of rotatable bonds is 4. The lowest BCUT2D eigenvalue weighted by Gasteiger charge is -2.35. The van der Waals surface area contributed by atoms with Gasteiger partial charge in [0.25, 0.3) is 0 Å². The van der Waals surface area contributed by atoms with E-state index in [1.165, 1.54) is 0 Å². The largest absolute Gasteiger partial charge is 0.377 e. The van der Waals surface area contributed by atoms with E-state index in [0.717, 1.165) is 31.4 Å². The first-order chi connectivity index (χ1) is 11.7. The van der Waals surface area contributed by atoms with Crippen LogP contribution in [0.5, 0.6) is 0 Å². The number of H-pyrrole nitrogens is 1. The molecule has 7 nitrogen and oxygen atoms in total. The van der Waals surface area contributed by atoms with Crippen molar-refractivity contribution in [2.24, 2.45) is 0 Å². The number of nitrogens with one attached hydrogen (secondary N) is 1. The third kappa shape index (κ3) is 3.07. The smallest absolute Gasteiger partial charge is 0.173 e. The first-order valence-corrected chi connectivity index (χ1v) is 8.25. The Kier molecular flexibility index (Phi) is 4.97. The summed E-state index contributed by atoms with van der Waals surface area (Å²) in [6, 6.07) is 2.23. The normalized spacial score (nSPS) is 17.8. The van der Waals surface area contributed by atoms with Gasteiger partial charge in [-0.2, -0.15) is 10.4 Å². The minimum Gasteiger partial charge on any atom is -0.377 e. The molecule has 1 atom stereocenters.